The summed E-state index contributed by atoms with van der Waals surface area (Å²) in [6, 6.07) is 12.0. The summed E-state index contributed by atoms with van der Waals surface area (Å²) in [5.74, 6) is 0.338. The molecule has 1 heterocycles. The Morgan fingerprint density at radius 1 is 0.947 bits per heavy atom. The Morgan fingerprint density at radius 2 is 1.58 bits per heavy atom. The van der Waals surface area contributed by atoms with Crippen molar-refractivity contribution in [3.8, 4) is 5.75 Å². The van der Waals surface area contributed by atoms with Gasteiger partial charge in [0.2, 0.25) is 0 Å². The van der Waals surface area contributed by atoms with Crippen molar-refractivity contribution >= 4 is 10.8 Å². The molecule has 2 nitrogen and oxygen atoms in total. The molecule has 0 amide bonds. The van der Waals surface area contributed by atoms with E-state index >= 15 is 0 Å². The van der Waals surface area contributed by atoms with Crippen LogP contribution >= 0.6 is 0 Å². The second-order valence-electron chi connectivity index (χ2n) is 4.85. The predicted octanol–water partition coefficient (Wildman–Crippen LogP) is 4.17. The van der Waals surface area contributed by atoms with E-state index in [0.29, 0.717) is 5.75 Å². The average molecular weight is 257 g/mol. The van der Waals surface area contributed by atoms with Crippen molar-refractivity contribution < 1.29 is 5.11 Å². The van der Waals surface area contributed by atoms with Crippen molar-refractivity contribution in [2.24, 2.45) is 0 Å². The van der Waals surface area contributed by atoms with E-state index in [-0.39, 0.29) is 0 Å². The first-order chi connectivity index (χ1) is 9.31. The first-order valence-electron chi connectivity index (χ1n) is 7.25. The second kappa shape index (κ2) is 6.58. The summed E-state index contributed by atoms with van der Waals surface area (Å²) in [4.78, 5) is 2.50. The molecule has 3 rings (SSSR count). The van der Waals surface area contributed by atoms with Crippen LogP contribution in [0.1, 0.15) is 32.3 Å². The van der Waals surface area contributed by atoms with Crippen LogP contribution in [0.2, 0.25) is 0 Å². The Labute approximate surface area is 115 Å². The number of phenolic OH excluding ortho intramolecular Hbond substituents is 1. The third kappa shape index (κ3) is 3.48. The highest BCUT2D eigenvalue weighted by molar-refractivity contribution is 5.84. The number of likely N-dealkylation sites (tertiary alicyclic amines) is 1. The van der Waals surface area contributed by atoms with Crippen LogP contribution in [0, 0.1) is 0 Å². The molecule has 19 heavy (non-hydrogen) atoms. The van der Waals surface area contributed by atoms with Gasteiger partial charge < -0.3 is 5.11 Å². The van der Waals surface area contributed by atoms with Gasteiger partial charge in [0.25, 0.3) is 0 Å². The zero-order valence-electron chi connectivity index (χ0n) is 11.9. The number of hydrogen-bond acceptors (Lipinski definition) is 2. The summed E-state index contributed by atoms with van der Waals surface area (Å²) in [5.41, 5.74) is 1.37. The van der Waals surface area contributed by atoms with Crippen molar-refractivity contribution in [2.75, 3.05) is 13.1 Å². The van der Waals surface area contributed by atoms with E-state index < -0.39 is 0 Å². The zero-order chi connectivity index (χ0) is 13.7. The van der Waals surface area contributed by atoms with Gasteiger partial charge >= 0.3 is 0 Å². The summed E-state index contributed by atoms with van der Waals surface area (Å²) in [5, 5.41) is 11.7. The van der Waals surface area contributed by atoms with Crippen molar-refractivity contribution in [3.05, 3.63) is 42.0 Å². The summed E-state index contributed by atoms with van der Waals surface area (Å²) < 4.78 is 0. The maximum atomic E-state index is 9.42. The van der Waals surface area contributed by atoms with Crippen LogP contribution in [0.4, 0.5) is 0 Å². The summed E-state index contributed by atoms with van der Waals surface area (Å²) in [7, 11) is 0. The zero-order valence-corrected chi connectivity index (χ0v) is 11.9. The number of fused-ring (bicyclic) bond motifs is 1. The van der Waals surface area contributed by atoms with Gasteiger partial charge in [0, 0.05) is 6.54 Å². The monoisotopic (exact) mass is 257 g/mol. The molecule has 1 N–H and O–H groups in total. The highest BCUT2D eigenvalue weighted by Crippen LogP contribution is 2.22. The maximum absolute atomic E-state index is 9.42. The number of nitrogens with zero attached hydrogens (tertiary/aromatic N) is 1. The van der Waals surface area contributed by atoms with Gasteiger partial charge in [0.05, 0.1) is 0 Å². The Morgan fingerprint density at radius 3 is 2.32 bits per heavy atom. The van der Waals surface area contributed by atoms with E-state index in [4.69, 9.17) is 0 Å². The van der Waals surface area contributed by atoms with E-state index in [2.05, 4.69) is 23.1 Å². The van der Waals surface area contributed by atoms with Gasteiger partial charge in [0.1, 0.15) is 5.75 Å². The highest BCUT2D eigenvalue weighted by atomic mass is 16.3. The van der Waals surface area contributed by atoms with E-state index in [1.807, 2.05) is 26.0 Å². The number of hydrogen-bond donors (Lipinski definition) is 1. The van der Waals surface area contributed by atoms with Crippen molar-refractivity contribution in [2.45, 2.75) is 33.2 Å². The fourth-order valence-electron chi connectivity index (χ4n) is 2.58. The van der Waals surface area contributed by atoms with Gasteiger partial charge in [0.15, 0.2) is 0 Å². The van der Waals surface area contributed by atoms with E-state index in [9.17, 15) is 5.11 Å². The molecule has 2 aromatic rings. The Balaban J connectivity index is 0.000000637. The van der Waals surface area contributed by atoms with Crippen LogP contribution < -0.4 is 0 Å². The fourth-order valence-corrected chi connectivity index (χ4v) is 2.58. The lowest BCUT2D eigenvalue weighted by Gasteiger charge is -2.14. The number of aromatic hydroxyl groups is 1. The smallest absolute Gasteiger partial charge is 0.116 e. The largest absolute Gasteiger partial charge is 0.508 e. The minimum absolute atomic E-state index is 0.338. The van der Waals surface area contributed by atoms with Crippen LogP contribution in [0.3, 0.4) is 0 Å². The molecule has 0 bridgehead atoms. The van der Waals surface area contributed by atoms with Crippen LogP contribution in [-0.2, 0) is 6.54 Å². The minimum Gasteiger partial charge on any atom is -0.508 e. The molecule has 0 spiro atoms. The normalized spacial score (nSPS) is 15.3. The molecular weight excluding hydrogens is 234 g/mol. The summed E-state index contributed by atoms with van der Waals surface area (Å²) in [6.07, 6.45) is 2.67. The first-order valence-corrected chi connectivity index (χ1v) is 7.25. The maximum Gasteiger partial charge on any atom is 0.116 e. The molecule has 0 aliphatic carbocycles. The molecule has 1 fully saturated rings. The molecule has 0 radical (unpaired) electrons. The lowest BCUT2D eigenvalue weighted by molar-refractivity contribution is 0.331. The van der Waals surface area contributed by atoms with Crippen molar-refractivity contribution in [1.82, 2.24) is 4.90 Å². The lowest BCUT2D eigenvalue weighted by Crippen LogP contribution is -2.18. The van der Waals surface area contributed by atoms with Crippen molar-refractivity contribution in [1.29, 1.82) is 0 Å². The molecule has 0 aromatic heterocycles. The molecule has 1 aliphatic heterocycles. The molecule has 0 saturated carbocycles. The fraction of sp³-hybridized carbons (Fsp3) is 0.412. The summed E-state index contributed by atoms with van der Waals surface area (Å²) >= 11 is 0. The van der Waals surface area contributed by atoms with E-state index in [0.717, 1.165) is 11.9 Å². The SMILES string of the molecule is CC.Oc1ccc2cc(CN3CCCC3)ccc2c1. The van der Waals surface area contributed by atoms with Crippen LogP contribution in [0.5, 0.6) is 5.75 Å². The molecular formula is C17H23NO. The van der Waals surface area contributed by atoms with Crippen molar-refractivity contribution in [3.63, 3.8) is 0 Å². The Bertz CT molecular complexity index is 530. The number of rotatable bonds is 2. The quantitative estimate of drug-likeness (QED) is 0.873. The van der Waals surface area contributed by atoms with Gasteiger partial charge in [-0.05, 0) is 60.5 Å². The topological polar surface area (TPSA) is 23.5 Å². The molecule has 0 unspecified atom stereocenters. The number of benzene rings is 2. The first kappa shape index (κ1) is 13.9. The standard InChI is InChI=1S/C15H17NO.C2H6/c17-15-6-5-13-9-12(3-4-14(13)10-15)11-16-7-1-2-8-16;1-2/h3-6,9-10,17H,1-2,7-8,11H2;1-2H3. The van der Waals surface area contributed by atoms with Gasteiger partial charge in [-0.2, -0.15) is 0 Å². The van der Waals surface area contributed by atoms with Crippen LogP contribution in [0.15, 0.2) is 36.4 Å². The Kier molecular flexibility index (Phi) is 4.80. The van der Waals surface area contributed by atoms with Crippen LogP contribution in [-0.4, -0.2) is 23.1 Å². The van der Waals surface area contributed by atoms with Gasteiger partial charge in [-0.1, -0.05) is 32.0 Å². The average Bonchev–Trinajstić information content (AvgIpc) is 2.94. The number of phenols is 1. The van der Waals surface area contributed by atoms with Crippen LogP contribution in [0.25, 0.3) is 10.8 Å². The second-order valence-corrected chi connectivity index (χ2v) is 4.85. The highest BCUT2D eigenvalue weighted by Gasteiger charge is 2.11. The molecule has 1 aliphatic rings. The molecule has 2 aromatic carbocycles. The van der Waals surface area contributed by atoms with E-state index in [1.165, 1.54) is 36.9 Å². The molecule has 2 heteroatoms. The minimum atomic E-state index is 0.338. The molecule has 102 valence electrons. The van der Waals surface area contributed by atoms with E-state index in [1.54, 1.807) is 6.07 Å². The third-order valence-corrected chi connectivity index (χ3v) is 3.49. The summed E-state index contributed by atoms with van der Waals surface area (Å²) in [6.45, 7) is 7.51. The third-order valence-electron chi connectivity index (χ3n) is 3.49. The lowest BCUT2D eigenvalue weighted by atomic mass is 10.1. The Hall–Kier alpha value is -1.54. The van der Waals surface area contributed by atoms with Gasteiger partial charge in [-0.15, -0.1) is 0 Å². The predicted molar refractivity (Wildman–Crippen MR) is 81.5 cm³/mol. The van der Waals surface area contributed by atoms with Gasteiger partial charge in [-0.25, -0.2) is 0 Å². The molecule has 0 atom stereocenters. The van der Waals surface area contributed by atoms with Gasteiger partial charge in [-0.3, -0.25) is 4.90 Å². The molecule has 1 saturated heterocycles.